The largest absolute Gasteiger partial charge is 2.00 e. The van der Waals surface area contributed by atoms with Crippen LogP contribution in [0.15, 0.2) is 22.3 Å². The van der Waals surface area contributed by atoms with E-state index in [-0.39, 0.29) is 34.1 Å². The molecule has 0 aromatic carbocycles. The Bertz CT molecular complexity index is 507. The summed E-state index contributed by atoms with van der Waals surface area (Å²) < 4.78 is 0. The van der Waals surface area contributed by atoms with E-state index < -0.39 is 11.9 Å². The van der Waals surface area contributed by atoms with Gasteiger partial charge >= 0.3 is 33.7 Å². The van der Waals surface area contributed by atoms with E-state index in [1.807, 2.05) is 13.8 Å². The predicted octanol–water partition coefficient (Wildman–Crippen LogP) is 2.94. The molecule has 0 bridgehead atoms. The van der Waals surface area contributed by atoms with Crippen molar-refractivity contribution < 1.29 is 53.9 Å². The van der Waals surface area contributed by atoms with Gasteiger partial charge < -0.3 is 22.6 Å². The van der Waals surface area contributed by atoms with E-state index in [2.05, 4.69) is 13.3 Å². The minimum atomic E-state index is -0.711. The normalized spacial score (nSPS) is 19.2. The van der Waals surface area contributed by atoms with Crippen molar-refractivity contribution in [3.63, 3.8) is 0 Å². The third-order valence-corrected chi connectivity index (χ3v) is 5.14. The monoisotopic (exact) mass is 446 g/mol. The molecular weight excluding hydrogens is 412 g/mol. The summed E-state index contributed by atoms with van der Waals surface area (Å²) in [7, 11) is 0. The number of fused-ring (bicyclic) bond motifs is 1. The van der Waals surface area contributed by atoms with Crippen LogP contribution in [0.4, 0.5) is 0 Å². The van der Waals surface area contributed by atoms with Crippen molar-refractivity contribution in [3.05, 3.63) is 28.7 Å². The van der Waals surface area contributed by atoms with Crippen molar-refractivity contribution >= 4 is 11.9 Å². The zero-order valence-electron chi connectivity index (χ0n) is 17.5. The second kappa shape index (κ2) is 16.1. The minimum Gasteiger partial charge on any atom is -1.00 e. The van der Waals surface area contributed by atoms with Crippen molar-refractivity contribution in [1.29, 1.82) is 0 Å². The van der Waals surface area contributed by atoms with Crippen LogP contribution >= 0.6 is 0 Å². The van der Waals surface area contributed by atoms with Crippen molar-refractivity contribution in [2.24, 2.45) is 5.92 Å². The molecule has 6 heteroatoms. The van der Waals surface area contributed by atoms with Crippen LogP contribution in [0, 0.1) is 12.3 Å². The third kappa shape index (κ3) is 9.67. The molecule has 3 aliphatic rings. The Morgan fingerprint density at radius 2 is 1.43 bits per heavy atom. The maximum absolute atomic E-state index is 9.60. The van der Waals surface area contributed by atoms with Gasteiger partial charge in [-0.2, -0.15) is 5.57 Å². The summed E-state index contributed by atoms with van der Waals surface area (Å²) in [4.78, 5) is 19.2. The Hall–Kier alpha value is -0.706. The number of aliphatic carboxylic acids is 2. The summed E-state index contributed by atoms with van der Waals surface area (Å²) >= 11 is 0. The maximum Gasteiger partial charge on any atom is 2.00 e. The van der Waals surface area contributed by atoms with Gasteiger partial charge in [-0.05, 0) is 38.0 Å². The summed E-state index contributed by atoms with van der Waals surface area (Å²) in [5.74, 6) is -0.643. The van der Waals surface area contributed by atoms with Crippen LogP contribution in [0.5, 0.6) is 0 Å². The summed E-state index contributed by atoms with van der Waals surface area (Å²) in [6.07, 6.45) is 14.3. The van der Waals surface area contributed by atoms with Crippen LogP contribution in [0.25, 0.3) is 0 Å². The summed E-state index contributed by atoms with van der Waals surface area (Å²) in [5, 5.41) is 15.8. The van der Waals surface area contributed by atoms with Crippen molar-refractivity contribution in [2.45, 2.75) is 91.4 Å². The van der Waals surface area contributed by atoms with E-state index in [0.29, 0.717) is 12.8 Å². The molecule has 3 rings (SSSR count). The average molecular weight is 447 g/mol. The molecule has 0 fully saturated rings. The Labute approximate surface area is 191 Å². The molecule has 0 radical (unpaired) electrons. The zero-order valence-corrected chi connectivity index (χ0v) is 19.8. The summed E-state index contributed by atoms with van der Waals surface area (Å²) in [5.41, 5.74) is 7.07. The Morgan fingerprint density at radius 3 is 1.89 bits per heavy atom. The van der Waals surface area contributed by atoms with E-state index in [9.17, 15) is 9.59 Å². The Balaban J connectivity index is 0. The van der Waals surface area contributed by atoms with Gasteiger partial charge in [0, 0.05) is 12.8 Å². The topological polar surface area (TPSA) is 74.6 Å². The van der Waals surface area contributed by atoms with Crippen LogP contribution in [-0.4, -0.2) is 22.2 Å². The fraction of sp³-hybridized carbons (Fsp3) is 0.682. The molecule has 0 aliphatic heterocycles. The van der Waals surface area contributed by atoms with Crippen LogP contribution < -0.4 is 12.4 Å². The van der Waals surface area contributed by atoms with E-state index >= 15 is 0 Å². The minimum absolute atomic E-state index is 0. The molecule has 2 N–H and O–H groups in total. The van der Waals surface area contributed by atoms with E-state index in [4.69, 9.17) is 10.2 Å². The molecule has 1 atom stereocenters. The number of carbonyl (C=O) groups is 2. The fourth-order valence-corrected chi connectivity index (χ4v) is 3.93. The smallest absolute Gasteiger partial charge is 1.00 e. The fourth-order valence-electron chi connectivity index (χ4n) is 3.93. The first-order valence-electron chi connectivity index (χ1n) is 10.1. The molecule has 0 spiro atoms. The molecular formula is C22H35ClO4Ti. The van der Waals surface area contributed by atoms with Gasteiger partial charge in [-0.1, -0.05) is 45.6 Å². The molecule has 0 amide bonds. The van der Waals surface area contributed by atoms with Gasteiger partial charge in [0.05, 0.1) is 0 Å². The molecule has 1 unspecified atom stereocenters. The first-order chi connectivity index (χ1) is 12.4. The number of rotatable bonds is 4. The first kappa shape index (κ1) is 29.5. The van der Waals surface area contributed by atoms with E-state index in [1.54, 1.807) is 22.3 Å². The SMILES string of the molecule is CC1C2=C(CCC[CH-]2)C2=C1CCCC2.CCCC(=O)O.CCCC(=O)O.[Cl-].[Ti+2]. The second-order valence-electron chi connectivity index (χ2n) is 7.25. The van der Waals surface area contributed by atoms with E-state index in [0.717, 1.165) is 18.8 Å². The molecule has 0 aromatic heterocycles. The third-order valence-electron chi connectivity index (χ3n) is 5.14. The van der Waals surface area contributed by atoms with Crippen LogP contribution in [-0.2, 0) is 31.3 Å². The van der Waals surface area contributed by atoms with Crippen molar-refractivity contribution in [3.8, 4) is 0 Å². The maximum atomic E-state index is 9.60. The van der Waals surface area contributed by atoms with Crippen molar-refractivity contribution in [2.75, 3.05) is 0 Å². The van der Waals surface area contributed by atoms with Gasteiger partial charge in [0.2, 0.25) is 0 Å². The number of carboxylic acids is 2. The van der Waals surface area contributed by atoms with Gasteiger partial charge in [-0.3, -0.25) is 9.59 Å². The predicted molar refractivity (Wildman–Crippen MR) is 105 cm³/mol. The van der Waals surface area contributed by atoms with Crippen LogP contribution in [0.2, 0.25) is 0 Å². The molecule has 4 nitrogen and oxygen atoms in total. The summed E-state index contributed by atoms with van der Waals surface area (Å²) in [6.45, 7) is 6.10. The average Bonchev–Trinajstić information content (AvgIpc) is 2.90. The quantitative estimate of drug-likeness (QED) is 0.514. The molecule has 0 aromatic rings. The number of carboxylic acid groups (broad SMARTS) is 2. The molecule has 158 valence electrons. The Kier molecular flexibility index (Phi) is 17.0. The van der Waals surface area contributed by atoms with Crippen LogP contribution in [0.1, 0.15) is 91.4 Å². The zero-order chi connectivity index (χ0) is 19.5. The summed E-state index contributed by atoms with van der Waals surface area (Å²) in [6, 6.07) is 0. The molecule has 28 heavy (non-hydrogen) atoms. The molecule has 0 saturated carbocycles. The first-order valence-corrected chi connectivity index (χ1v) is 10.1. The number of hydrogen-bond donors (Lipinski definition) is 2. The molecule has 3 aliphatic carbocycles. The van der Waals surface area contributed by atoms with Crippen LogP contribution in [0.3, 0.4) is 0 Å². The molecule has 0 saturated heterocycles. The van der Waals surface area contributed by atoms with Gasteiger partial charge in [0.15, 0.2) is 0 Å². The number of allylic oxidation sites excluding steroid dienone is 4. The standard InChI is InChI=1S/C14H19.2C4H8O2.ClH.Ti/c1-10-11-6-2-4-8-13(11)14-9-5-3-7-12(10)14;2*1-2-3-4(5)6;;/h6,10H,2-5,7-9H2,1H3;2*2-3H2,1H3,(H,5,6);1H;/q-1;;;;+2/p-1. The van der Waals surface area contributed by atoms with Gasteiger partial charge in [0.1, 0.15) is 0 Å². The van der Waals surface area contributed by atoms with Gasteiger partial charge in [-0.25, -0.2) is 12.0 Å². The second-order valence-corrected chi connectivity index (χ2v) is 7.25. The number of hydrogen-bond acceptors (Lipinski definition) is 2. The Morgan fingerprint density at radius 1 is 0.929 bits per heavy atom. The van der Waals surface area contributed by atoms with Gasteiger partial charge in [-0.15, -0.1) is 12.0 Å². The van der Waals surface area contributed by atoms with Crippen molar-refractivity contribution in [1.82, 2.24) is 0 Å². The van der Waals surface area contributed by atoms with Gasteiger partial charge in [0.25, 0.3) is 0 Å². The molecule has 0 heterocycles. The number of halogens is 1. The van der Waals surface area contributed by atoms with E-state index in [1.165, 1.54) is 44.9 Å².